The zero-order chi connectivity index (χ0) is 23.8. The lowest BCUT2D eigenvalue weighted by atomic mass is 10.1. The van der Waals surface area contributed by atoms with Gasteiger partial charge in [-0.2, -0.15) is 0 Å². The number of thiophene rings is 1. The van der Waals surface area contributed by atoms with E-state index in [0.717, 1.165) is 29.2 Å². The van der Waals surface area contributed by atoms with Crippen molar-refractivity contribution >= 4 is 32.7 Å². The van der Waals surface area contributed by atoms with E-state index in [1.165, 1.54) is 5.56 Å². The Bertz CT molecular complexity index is 1240. The number of methoxy groups -OCH3 is 1. The number of nitrogens with zero attached hydrogens (tertiary/aromatic N) is 1. The quantitative estimate of drug-likeness (QED) is 0.513. The second-order valence-electron chi connectivity index (χ2n) is 8.83. The summed E-state index contributed by atoms with van der Waals surface area (Å²) in [4.78, 5) is 3.66. The van der Waals surface area contributed by atoms with Crippen molar-refractivity contribution in [3.63, 3.8) is 0 Å². The van der Waals surface area contributed by atoms with E-state index in [-0.39, 0.29) is 4.90 Å². The number of nitrogens with one attached hydrogen (secondary N) is 2. The molecule has 2 N–H and O–H groups in total. The molecule has 2 unspecified atom stereocenters. The van der Waals surface area contributed by atoms with Gasteiger partial charge in [0.2, 0.25) is 0 Å². The van der Waals surface area contributed by atoms with Crippen molar-refractivity contribution in [2.24, 2.45) is 0 Å². The highest BCUT2D eigenvalue weighted by atomic mass is 32.2. The lowest BCUT2D eigenvalue weighted by molar-refractivity contribution is 0.406. The number of hydrogen-bond donors (Lipinski definition) is 2. The van der Waals surface area contributed by atoms with E-state index in [1.807, 2.05) is 37.3 Å². The molecule has 0 aliphatic carbocycles. The summed E-state index contributed by atoms with van der Waals surface area (Å²) in [5.74, 6) is 0.488. The maximum Gasteiger partial charge on any atom is 0.262 e. The van der Waals surface area contributed by atoms with Gasteiger partial charge in [-0.1, -0.05) is 6.07 Å². The second-order valence-corrected chi connectivity index (χ2v) is 11.4. The van der Waals surface area contributed by atoms with Crippen LogP contribution in [-0.4, -0.2) is 40.7 Å². The van der Waals surface area contributed by atoms with Gasteiger partial charge in [-0.25, -0.2) is 8.42 Å². The summed E-state index contributed by atoms with van der Waals surface area (Å²) >= 11 is 1.66. The minimum absolute atomic E-state index is 0.261. The Labute approximate surface area is 200 Å². The van der Waals surface area contributed by atoms with Crippen LogP contribution in [-0.2, 0) is 10.0 Å². The largest absolute Gasteiger partial charge is 0.495 e. The van der Waals surface area contributed by atoms with Crippen molar-refractivity contribution in [1.29, 1.82) is 0 Å². The minimum atomic E-state index is -3.80. The normalized spacial score (nSPS) is 18.9. The highest BCUT2D eigenvalue weighted by molar-refractivity contribution is 7.92. The molecule has 33 heavy (non-hydrogen) atoms. The van der Waals surface area contributed by atoms with Crippen LogP contribution in [0.25, 0.3) is 10.4 Å². The first-order valence-electron chi connectivity index (χ1n) is 11.0. The summed E-state index contributed by atoms with van der Waals surface area (Å²) in [6.45, 7) is 9.89. The summed E-state index contributed by atoms with van der Waals surface area (Å²) in [5, 5.41) is 5.62. The van der Waals surface area contributed by atoms with Gasteiger partial charge in [0, 0.05) is 35.7 Å². The Morgan fingerprint density at radius 2 is 1.79 bits per heavy atom. The van der Waals surface area contributed by atoms with Crippen LogP contribution in [0.3, 0.4) is 0 Å². The fourth-order valence-electron chi connectivity index (χ4n) is 4.40. The van der Waals surface area contributed by atoms with Gasteiger partial charge in [0.05, 0.1) is 17.7 Å². The van der Waals surface area contributed by atoms with Crippen LogP contribution in [0.2, 0.25) is 0 Å². The number of benzene rings is 2. The van der Waals surface area contributed by atoms with Crippen LogP contribution >= 0.6 is 11.3 Å². The Hall–Kier alpha value is -2.55. The zero-order valence-corrected chi connectivity index (χ0v) is 21.3. The molecule has 1 saturated heterocycles. The number of aryl methyl sites for hydroxylation is 2. The van der Waals surface area contributed by atoms with E-state index >= 15 is 0 Å². The molecule has 2 heterocycles. The third kappa shape index (κ3) is 5.18. The first-order valence-corrected chi connectivity index (χ1v) is 13.4. The van der Waals surface area contributed by atoms with E-state index < -0.39 is 10.0 Å². The van der Waals surface area contributed by atoms with Crippen LogP contribution in [0.5, 0.6) is 5.75 Å². The lowest BCUT2D eigenvalue weighted by Crippen LogP contribution is -2.54. The zero-order valence-electron chi connectivity index (χ0n) is 19.7. The lowest BCUT2D eigenvalue weighted by Gasteiger charge is -2.38. The number of hydrogen-bond acceptors (Lipinski definition) is 6. The number of rotatable bonds is 6. The molecule has 1 aliphatic rings. The van der Waals surface area contributed by atoms with Gasteiger partial charge >= 0.3 is 0 Å². The molecule has 0 radical (unpaired) electrons. The summed E-state index contributed by atoms with van der Waals surface area (Å²) in [7, 11) is -2.25. The topological polar surface area (TPSA) is 70.7 Å². The predicted molar refractivity (Wildman–Crippen MR) is 137 cm³/mol. The fraction of sp³-hybridized carbons (Fsp3) is 0.360. The van der Waals surface area contributed by atoms with E-state index in [1.54, 1.807) is 24.5 Å². The Balaban J connectivity index is 1.63. The third-order valence-corrected chi connectivity index (χ3v) is 8.45. The smallest absolute Gasteiger partial charge is 0.262 e. The molecular formula is C25H31N3O3S2. The summed E-state index contributed by atoms with van der Waals surface area (Å²) in [6, 6.07) is 13.9. The Morgan fingerprint density at radius 3 is 2.39 bits per heavy atom. The predicted octanol–water partition coefficient (Wildman–Crippen LogP) is 5.03. The average Bonchev–Trinajstić information content (AvgIpc) is 3.19. The first-order chi connectivity index (χ1) is 15.7. The molecule has 1 aliphatic heterocycles. The van der Waals surface area contributed by atoms with Gasteiger partial charge < -0.3 is 15.0 Å². The van der Waals surface area contributed by atoms with Gasteiger partial charge in [-0.3, -0.25) is 4.72 Å². The van der Waals surface area contributed by atoms with Crippen molar-refractivity contribution in [1.82, 2.24) is 5.32 Å². The van der Waals surface area contributed by atoms with E-state index in [0.29, 0.717) is 29.1 Å². The van der Waals surface area contributed by atoms with E-state index in [2.05, 4.69) is 47.2 Å². The van der Waals surface area contributed by atoms with E-state index in [4.69, 9.17) is 4.74 Å². The monoisotopic (exact) mass is 485 g/mol. The molecule has 0 bridgehead atoms. The Kier molecular flexibility index (Phi) is 6.70. The summed E-state index contributed by atoms with van der Waals surface area (Å²) < 4.78 is 34.9. The molecular weight excluding hydrogens is 454 g/mol. The van der Waals surface area contributed by atoms with Gasteiger partial charge in [-0.05, 0) is 86.2 Å². The molecule has 2 aromatic carbocycles. The SMILES string of the molecule is COc1ccc(N2CC(C)NC(C)C2)cc1NS(=O)(=O)c1ccc(-c2cc(C)cs2)cc1C. The third-order valence-electron chi connectivity index (χ3n) is 5.83. The summed E-state index contributed by atoms with van der Waals surface area (Å²) in [5.41, 5.74) is 4.32. The molecule has 176 valence electrons. The molecule has 0 amide bonds. The fourth-order valence-corrected chi connectivity index (χ4v) is 6.58. The van der Waals surface area contributed by atoms with Crippen molar-refractivity contribution in [3.8, 4) is 16.2 Å². The van der Waals surface area contributed by atoms with Crippen LogP contribution < -0.4 is 19.7 Å². The van der Waals surface area contributed by atoms with Crippen molar-refractivity contribution in [2.45, 2.75) is 44.7 Å². The van der Waals surface area contributed by atoms with Crippen molar-refractivity contribution < 1.29 is 13.2 Å². The molecule has 0 saturated carbocycles. The molecule has 2 atom stereocenters. The number of ether oxygens (including phenoxy) is 1. The molecule has 4 rings (SSSR count). The highest BCUT2D eigenvalue weighted by Crippen LogP contribution is 2.34. The Morgan fingerprint density at radius 1 is 1.06 bits per heavy atom. The van der Waals surface area contributed by atoms with Crippen LogP contribution in [0, 0.1) is 13.8 Å². The molecule has 1 fully saturated rings. The van der Waals surface area contributed by atoms with Gasteiger partial charge in [-0.15, -0.1) is 11.3 Å². The summed E-state index contributed by atoms with van der Waals surface area (Å²) in [6.07, 6.45) is 0. The van der Waals surface area contributed by atoms with Gasteiger partial charge in [0.1, 0.15) is 5.75 Å². The van der Waals surface area contributed by atoms with Gasteiger partial charge in [0.15, 0.2) is 0 Å². The van der Waals surface area contributed by atoms with Crippen LogP contribution in [0.4, 0.5) is 11.4 Å². The maximum absolute atomic E-state index is 13.3. The minimum Gasteiger partial charge on any atom is -0.495 e. The van der Waals surface area contributed by atoms with Crippen molar-refractivity contribution in [3.05, 3.63) is 59.0 Å². The number of sulfonamides is 1. The van der Waals surface area contributed by atoms with Crippen LogP contribution in [0.15, 0.2) is 52.7 Å². The standard InChI is InChI=1S/C25H31N3O3S2/c1-16-10-24(32-15-16)20-6-9-25(17(2)11-20)33(29,30)27-22-12-21(7-8-23(22)31-5)28-13-18(3)26-19(4)14-28/h6-12,15,18-19,26-27H,13-14H2,1-5H3. The van der Waals surface area contributed by atoms with E-state index in [9.17, 15) is 8.42 Å². The molecule has 0 spiro atoms. The molecule has 6 nitrogen and oxygen atoms in total. The van der Waals surface area contributed by atoms with Crippen LogP contribution in [0.1, 0.15) is 25.0 Å². The number of piperazine rings is 1. The molecule has 1 aromatic heterocycles. The number of anilines is 2. The molecule has 8 heteroatoms. The van der Waals surface area contributed by atoms with Gasteiger partial charge in [0.25, 0.3) is 10.0 Å². The molecule has 3 aromatic rings. The first kappa shape index (κ1) is 23.6. The average molecular weight is 486 g/mol. The van der Waals surface area contributed by atoms with Crippen molar-refractivity contribution in [2.75, 3.05) is 29.8 Å². The maximum atomic E-state index is 13.3. The highest BCUT2D eigenvalue weighted by Gasteiger charge is 2.24. The second kappa shape index (κ2) is 9.37.